The van der Waals surface area contributed by atoms with Crippen LogP contribution < -0.4 is 10.6 Å². The Balaban J connectivity index is 1.47. The fraction of sp³-hybridized carbons (Fsp3) is 0.500. The lowest BCUT2D eigenvalue weighted by Gasteiger charge is -2.26. The average molecular weight is 230 g/mol. The van der Waals surface area contributed by atoms with Crippen molar-refractivity contribution in [2.24, 2.45) is 0 Å². The highest BCUT2D eigenvalue weighted by atomic mass is 16.2. The maximum Gasteiger partial charge on any atom is 0.315 e. The molecule has 1 aromatic rings. The SMILES string of the molecule is O=C(NC1CCC1)NC1CC1c1ccccc1. The van der Waals surface area contributed by atoms with Crippen molar-refractivity contribution in [1.82, 2.24) is 10.6 Å². The Bertz CT molecular complexity index is 400. The molecule has 2 atom stereocenters. The van der Waals surface area contributed by atoms with Crippen LogP contribution in [-0.2, 0) is 0 Å². The van der Waals surface area contributed by atoms with E-state index in [4.69, 9.17) is 0 Å². The van der Waals surface area contributed by atoms with Gasteiger partial charge in [-0.2, -0.15) is 0 Å². The standard InChI is InChI=1S/C14H18N2O/c17-14(15-11-7-4-8-11)16-13-9-12(13)10-5-2-1-3-6-10/h1-3,5-6,11-13H,4,7-9H2,(H2,15,16,17). The number of urea groups is 1. The summed E-state index contributed by atoms with van der Waals surface area (Å²) >= 11 is 0. The molecular formula is C14H18N2O. The summed E-state index contributed by atoms with van der Waals surface area (Å²) in [6.45, 7) is 0. The zero-order valence-corrected chi connectivity index (χ0v) is 9.86. The summed E-state index contributed by atoms with van der Waals surface area (Å²) in [6, 6.07) is 11.2. The van der Waals surface area contributed by atoms with E-state index in [2.05, 4.69) is 34.9 Å². The third-order valence-electron chi connectivity index (χ3n) is 3.78. The fourth-order valence-electron chi connectivity index (χ4n) is 2.37. The second kappa shape index (κ2) is 4.40. The number of hydrogen-bond donors (Lipinski definition) is 2. The molecule has 2 N–H and O–H groups in total. The van der Waals surface area contributed by atoms with Gasteiger partial charge in [0.15, 0.2) is 0 Å². The Morgan fingerprint density at radius 1 is 1.12 bits per heavy atom. The van der Waals surface area contributed by atoms with Gasteiger partial charge in [0.25, 0.3) is 0 Å². The van der Waals surface area contributed by atoms with E-state index in [9.17, 15) is 4.79 Å². The number of carbonyl (C=O) groups excluding carboxylic acids is 1. The van der Waals surface area contributed by atoms with Crippen LogP contribution in [0.15, 0.2) is 30.3 Å². The predicted octanol–water partition coefficient (Wildman–Crippen LogP) is 2.39. The largest absolute Gasteiger partial charge is 0.335 e. The fourth-order valence-corrected chi connectivity index (χ4v) is 2.37. The summed E-state index contributed by atoms with van der Waals surface area (Å²) < 4.78 is 0. The molecule has 2 aliphatic carbocycles. The second-order valence-corrected chi connectivity index (χ2v) is 5.10. The molecular weight excluding hydrogens is 212 g/mol. The molecule has 1 aromatic carbocycles. The molecule has 2 amide bonds. The minimum Gasteiger partial charge on any atom is -0.335 e. The van der Waals surface area contributed by atoms with Gasteiger partial charge in [-0.05, 0) is 31.2 Å². The Labute approximate surface area is 102 Å². The van der Waals surface area contributed by atoms with Crippen LogP contribution in [0.1, 0.15) is 37.2 Å². The molecule has 90 valence electrons. The summed E-state index contributed by atoms with van der Waals surface area (Å²) in [5.41, 5.74) is 1.33. The minimum atomic E-state index is 0.0122. The third-order valence-corrected chi connectivity index (χ3v) is 3.78. The summed E-state index contributed by atoms with van der Waals surface area (Å²) in [6.07, 6.45) is 4.60. The first-order chi connectivity index (χ1) is 8.33. The minimum absolute atomic E-state index is 0.0122. The van der Waals surface area contributed by atoms with Gasteiger partial charge in [0.05, 0.1) is 0 Å². The molecule has 0 saturated heterocycles. The van der Waals surface area contributed by atoms with Crippen LogP contribution in [-0.4, -0.2) is 18.1 Å². The van der Waals surface area contributed by atoms with Gasteiger partial charge in [0, 0.05) is 18.0 Å². The van der Waals surface area contributed by atoms with E-state index >= 15 is 0 Å². The zero-order valence-electron chi connectivity index (χ0n) is 9.86. The van der Waals surface area contributed by atoms with E-state index in [1.807, 2.05) is 6.07 Å². The van der Waals surface area contributed by atoms with E-state index in [0.29, 0.717) is 18.0 Å². The van der Waals surface area contributed by atoms with Crippen LogP contribution in [0.3, 0.4) is 0 Å². The van der Waals surface area contributed by atoms with E-state index in [1.54, 1.807) is 0 Å². The molecule has 2 aliphatic rings. The quantitative estimate of drug-likeness (QED) is 0.822. The van der Waals surface area contributed by atoms with Crippen molar-refractivity contribution in [3.05, 3.63) is 35.9 Å². The van der Waals surface area contributed by atoms with Crippen LogP contribution >= 0.6 is 0 Å². The Morgan fingerprint density at radius 2 is 1.88 bits per heavy atom. The van der Waals surface area contributed by atoms with Crippen LogP contribution in [0.5, 0.6) is 0 Å². The number of carbonyl (C=O) groups is 1. The lowest BCUT2D eigenvalue weighted by molar-refractivity contribution is 0.228. The van der Waals surface area contributed by atoms with Gasteiger partial charge in [-0.25, -0.2) is 4.79 Å². The molecule has 2 saturated carbocycles. The van der Waals surface area contributed by atoms with Crippen molar-refractivity contribution in [1.29, 1.82) is 0 Å². The van der Waals surface area contributed by atoms with Crippen molar-refractivity contribution in [3.8, 4) is 0 Å². The topological polar surface area (TPSA) is 41.1 Å². The number of nitrogens with one attached hydrogen (secondary N) is 2. The summed E-state index contributed by atoms with van der Waals surface area (Å²) in [5, 5.41) is 6.06. The van der Waals surface area contributed by atoms with Crippen molar-refractivity contribution in [2.45, 2.75) is 43.7 Å². The molecule has 17 heavy (non-hydrogen) atoms. The maximum absolute atomic E-state index is 11.7. The molecule has 0 aliphatic heterocycles. The highest BCUT2D eigenvalue weighted by Gasteiger charge is 2.39. The Kier molecular flexibility index (Phi) is 2.75. The molecule has 0 radical (unpaired) electrons. The van der Waals surface area contributed by atoms with Crippen LogP contribution in [0.25, 0.3) is 0 Å². The normalized spacial score (nSPS) is 27.1. The number of amides is 2. The van der Waals surface area contributed by atoms with Gasteiger partial charge < -0.3 is 10.6 Å². The predicted molar refractivity (Wildman–Crippen MR) is 66.9 cm³/mol. The highest BCUT2D eigenvalue weighted by molar-refractivity contribution is 5.75. The maximum atomic E-state index is 11.7. The molecule has 2 unspecified atom stereocenters. The molecule has 3 heteroatoms. The highest BCUT2D eigenvalue weighted by Crippen LogP contribution is 2.40. The van der Waals surface area contributed by atoms with Gasteiger partial charge >= 0.3 is 6.03 Å². The lowest BCUT2D eigenvalue weighted by Crippen LogP contribution is -2.46. The van der Waals surface area contributed by atoms with Crippen molar-refractivity contribution < 1.29 is 4.79 Å². The zero-order chi connectivity index (χ0) is 11.7. The van der Waals surface area contributed by atoms with Crippen LogP contribution in [0.2, 0.25) is 0 Å². The summed E-state index contributed by atoms with van der Waals surface area (Å²) in [4.78, 5) is 11.7. The first-order valence-electron chi connectivity index (χ1n) is 6.45. The molecule has 0 spiro atoms. The summed E-state index contributed by atoms with van der Waals surface area (Å²) in [7, 11) is 0. The molecule has 3 rings (SSSR count). The van der Waals surface area contributed by atoms with E-state index in [1.165, 1.54) is 12.0 Å². The molecule has 2 fully saturated rings. The molecule has 3 nitrogen and oxygen atoms in total. The molecule has 0 aromatic heterocycles. The molecule has 0 bridgehead atoms. The van der Waals surface area contributed by atoms with E-state index in [-0.39, 0.29) is 6.03 Å². The van der Waals surface area contributed by atoms with Crippen molar-refractivity contribution in [3.63, 3.8) is 0 Å². The van der Waals surface area contributed by atoms with Gasteiger partial charge in [0.1, 0.15) is 0 Å². The Hall–Kier alpha value is -1.51. The van der Waals surface area contributed by atoms with Crippen LogP contribution in [0, 0.1) is 0 Å². The van der Waals surface area contributed by atoms with Crippen molar-refractivity contribution >= 4 is 6.03 Å². The van der Waals surface area contributed by atoms with Gasteiger partial charge in [-0.1, -0.05) is 30.3 Å². The van der Waals surface area contributed by atoms with Gasteiger partial charge in [-0.3, -0.25) is 0 Å². The molecule has 0 heterocycles. The first-order valence-corrected chi connectivity index (χ1v) is 6.45. The number of benzene rings is 1. The number of hydrogen-bond acceptors (Lipinski definition) is 1. The van der Waals surface area contributed by atoms with E-state index in [0.717, 1.165) is 19.3 Å². The van der Waals surface area contributed by atoms with Gasteiger partial charge in [0.2, 0.25) is 0 Å². The summed E-state index contributed by atoms with van der Waals surface area (Å²) in [5.74, 6) is 0.517. The monoisotopic (exact) mass is 230 g/mol. The van der Waals surface area contributed by atoms with Crippen LogP contribution in [0.4, 0.5) is 4.79 Å². The smallest absolute Gasteiger partial charge is 0.315 e. The Morgan fingerprint density at radius 3 is 2.53 bits per heavy atom. The number of rotatable bonds is 3. The van der Waals surface area contributed by atoms with E-state index < -0.39 is 0 Å². The van der Waals surface area contributed by atoms with Gasteiger partial charge in [-0.15, -0.1) is 0 Å². The van der Waals surface area contributed by atoms with Crippen molar-refractivity contribution in [2.75, 3.05) is 0 Å². The lowest BCUT2D eigenvalue weighted by atomic mass is 9.93. The average Bonchev–Trinajstić information content (AvgIpc) is 3.04. The second-order valence-electron chi connectivity index (χ2n) is 5.10. The first kappa shape index (κ1) is 10.6. The third kappa shape index (κ3) is 2.43.